The Morgan fingerprint density at radius 3 is 1.59 bits per heavy atom. The smallest absolute Gasteiger partial charge is 1.00 e. The van der Waals surface area contributed by atoms with Gasteiger partial charge in [-0.1, -0.05) is 43.2 Å². The van der Waals surface area contributed by atoms with E-state index in [-0.39, 0.29) is 63.5 Å². The topological polar surface area (TPSA) is 115 Å². The van der Waals surface area contributed by atoms with E-state index in [1.807, 2.05) is 0 Å². The van der Waals surface area contributed by atoms with Crippen LogP contribution < -0.4 is 46.5 Å². The molecule has 1 aliphatic rings. The van der Waals surface area contributed by atoms with Gasteiger partial charge in [0, 0.05) is 12.1 Å². The number of carboxylic acid groups (broad SMARTS) is 1. The van der Waals surface area contributed by atoms with Crippen molar-refractivity contribution < 1.29 is 60.9 Å². The number of carbonyl (C=O) groups is 1. The van der Waals surface area contributed by atoms with E-state index in [0.29, 0.717) is 0 Å². The first-order valence-electron chi connectivity index (χ1n) is 6.29. The Hall–Kier alpha value is -0.162. The Labute approximate surface area is 158 Å². The summed E-state index contributed by atoms with van der Waals surface area (Å²) in [5.41, 5.74) is 11.5. The average molecular weight is 532 g/mol. The summed E-state index contributed by atoms with van der Waals surface area (Å²) in [6.07, 6.45) is 4.80. The Morgan fingerprint density at radius 2 is 1.36 bits per heavy atom. The molecule has 1 aromatic carbocycles. The third-order valence-electron chi connectivity index (χ3n) is 2.88. The van der Waals surface area contributed by atoms with Crippen molar-refractivity contribution in [2.75, 3.05) is 7.11 Å². The van der Waals surface area contributed by atoms with E-state index in [1.54, 1.807) is 18.2 Å². The first kappa shape index (κ1) is 29.8. The molecule has 2 rings (SSSR count). The van der Waals surface area contributed by atoms with Crippen LogP contribution in [0, 0.1) is 0 Å². The molecule has 0 bridgehead atoms. The van der Waals surface area contributed by atoms with Gasteiger partial charge in [0.05, 0.1) is 5.97 Å². The minimum Gasteiger partial charge on any atom is -1.00 e. The van der Waals surface area contributed by atoms with Crippen molar-refractivity contribution in [3.63, 3.8) is 0 Å². The standard InChI is InChI=1S/C7H6O2.C6H14N2.CH3O.2ClH.Pt/c8-7(9)6-4-2-1-3-5-6;7-5-3-1-2-4-6(5)8;1-2;;;/h1-5H,(H,8,9);5-6H,1-4,7-8H2;1H3;2*1H;/q;;-1;;;+4/p-3/t;5-,6-;;;;/m.1..../s1. The van der Waals surface area contributed by atoms with Crippen molar-refractivity contribution in [3.8, 4) is 0 Å². The first-order chi connectivity index (χ1) is 9.11. The van der Waals surface area contributed by atoms with Gasteiger partial charge in [-0.25, -0.2) is 0 Å². The SMILES string of the molecule is C[O-].N[C@@H]1CCCC[C@H]1N.O=C([O-])c1ccccc1.[Cl-].[Cl-].[Pt+4]. The summed E-state index contributed by atoms with van der Waals surface area (Å²) in [6.45, 7) is 0. The summed E-state index contributed by atoms with van der Waals surface area (Å²) < 4.78 is 0. The van der Waals surface area contributed by atoms with Gasteiger partial charge in [0.25, 0.3) is 0 Å². The van der Waals surface area contributed by atoms with Gasteiger partial charge in [-0.3, -0.25) is 0 Å². The molecule has 1 saturated carbocycles. The zero-order chi connectivity index (χ0) is 14.7. The van der Waals surface area contributed by atoms with E-state index >= 15 is 0 Å². The quantitative estimate of drug-likeness (QED) is 0.374. The van der Waals surface area contributed by atoms with Crippen LogP contribution in [0.3, 0.4) is 0 Å². The molecule has 0 saturated heterocycles. The predicted molar refractivity (Wildman–Crippen MR) is 71.1 cm³/mol. The minimum atomic E-state index is -1.13. The van der Waals surface area contributed by atoms with Crippen LogP contribution in [0.1, 0.15) is 36.0 Å². The number of nitrogens with two attached hydrogens (primary N) is 2. The summed E-state index contributed by atoms with van der Waals surface area (Å²) in [7, 11) is 0.750. The molecule has 0 radical (unpaired) electrons. The average Bonchev–Trinajstić information content (AvgIpc) is 2.46. The molecule has 8 heteroatoms. The van der Waals surface area contributed by atoms with Gasteiger partial charge < -0.3 is 51.3 Å². The number of rotatable bonds is 1. The number of carbonyl (C=O) groups excluding carboxylic acids is 1. The van der Waals surface area contributed by atoms with Crippen LogP contribution in [-0.2, 0) is 21.1 Å². The molecule has 0 unspecified atom stereocenters. The van der Waals surface area contributed by atoms with Crippen molar-refractivity contribution in [1.29, 1.82) is 0 Å². The van der Waals surface area contributed by atoms with Crippen LogP contribution in [0.15, 0.2) is 30.3 Å². The molecule has 0 aliphatic heterocycles. The second kappa shape index (κ2) is 18.9. The molecule has 5 nitrogen and oxygen atoms in total. The molecule has 0 aromatic heterocycles. The fourth-order valence-corrected chi connectivity index (χ4v) is 1.76. The number of hydrogen-bond acceptors (Lipinski definition) is 5. The number of halogens is 2. The van der Waals surface area contributed by atoms with Crippen molar-refractivity contribution in [2.24, 2.45) is 11.5 Å². The monoisotopic (exact) mass is 531 g/mol. The molecular formula is C14H22Cl2N2O3Pt. The van der Waals surface area contributed by atoms with Crippen molar-refractivity contribution in [2.45, 2.75) is 37.8 Å². The van der Waals surface area contributed by atoms with Crippen LogP contribution in [-0.4, -0.2) is 25.2 Å². The van der Waals surface area contributed by atoms with E-state index < -0.39 is 5.97 Å². The Balaban J connectivity index is -0.000000118. The van der Waals surface area contributed by atoms with Gasteiger partial charge >= 0.3 is 21.1 Å². The van der Waals surface area contributed by atoms with Crippen molar-refractivity contribution in [1.82, 2.24) is 0 Å². The zero-order valence-corrected chi connectivity index (χ0v) is 16.1. The molecule has 0 amide bonds. The van der Waals surface area contributed by atoms with E-state index in [4.69, 9.17) is 16.6 Å². The third kappa shape index (κ3) is 13.5. The maximum absolute atomic E-state index is 10.1. The van der Waals surface area contributed by atoms with Gasteiger partial charge in [-0.15, -0.1) is 0 Å². The van der Waals surface area contributed by atoms with Gasteiger partial charge in [0.1, 0.15) is 0 Å². The van der Waals surface area contributed by atoms with Crippen LogP contribution in [0.25, 0.3) is 0 Å². The number of benzene rings is 1. The maximum Gasteiger partial charge on any atom is 4.00 e. The second-order valence-corrected chi connectivity index (χ2v) is 4.27. The van der Waals surface area contributed by atoms with Gasteiger partial charge in [0.2, 0.25) is 0 Å². The van der Waals surface area contributed by atoms with Crippen molar-refractivity contribution in [3.05, 3.63) is 35.9 Å². The van der Waals surface area contributed by atoms with E-state index in [1.165, 1.54) is 25.0 Å². The number of aromatic carboxylic acids is 1. The number of hydrogen-bond donors (Lipinski definition) is 2. The maximum atomic E-state index is 10.1. The van der Waals surface area contributed by atoms with E-state index in [2.05, 4.69) is 0 Å². The molecule has 130 valence electrons. The molecule has 0 spiro atoms. The summed E-state index contributed by atoms with van der Waals surface area (Å²) >= 11 is 0. The molecule has 1 aromatic rings. The Kier molecular flexibility index (Phi) is 25.6. The second-order valence-electron chi connectivity index (χ2n) is 4.27. The van der Waals surface area contributed by atoms with E-state index in [9.17, 15) is 9.90 Å². The first-order valence-corrected chi connectivity index (χ1v) is 6.29. The van der Waals surface area contributed by atoms with Crippen LogP contribution in [0.4, 0.5) is 0 Å². The molecule has 0 heterocycles. The normalized spacial score (nSPS) is 18.4. The Morgan fingerprint density at radius 1 is 1.00 bits per heavy atom. The fourth-order valence-electron chi connectivity index (χ4n) is 1.76. The largest absolute Gasteiger partial charge is 4.00 e. The molecular weight excluding hydrogens is 510 g/mol. The van der Waals surface area contributed by atoms with Gasteiger partial charge in [-0.2, -0.15) is 7.11 Å². The molecule has 1 fully saturated rings. The summed E-state index contributed by atoms with van der Waals surface area (Å²) in [6, 6.07) is 8.63. The van der Waals surface area contributed by atoms with Crippen LogP contribution in [0.2, 0.25) is 0 Å². The summed E-state index contributed by atoms with van der Waals surface area (Å²) in [4.78, 5) is 10.1. The zero-order valence-electron chi connectivity index (χ0n) is 12.3. The van der Waals surface area contributed by atoms with Crippen LogP contribution >= 0.6 is 0 Å². The van der Waals surface area contributed by atoms with Gasteiger partial charge in [-0.05, 0) is 18.4 Å². The summed E-state index contributed by atoms with van der Waals surface area (Å²) in [5.74, 6) is -1.13. The summed E-state index contributed by atoms with van der Waals surface area (Å²) in [5, 5.41) is 18.3. The molecule has 2 atom stereocenters. The molecule has 22 heavy (non-hydrogen) atoms. The van der Waals surface area contributed by atoms with Crippen LogP contribution in [0.5, 0.6) is 0 Å². The van der Waals surface area contributed by atoms with E-state index in [0.717, 1.165) is 20.0 Å². The van der Waals surface area contributed by atoms with Crippen molar-refractivity contribution >= 4 is 5.97 Å². The fraction of sp³-hybridized carbons (Fsp3) is 0.500. The predicted octanol–water partition coefficient (Wildman–Crippen LogP) is -6.75. The molecule has 4 N–H and O–H groups in total. The van der Waals surface area contributed by atoms with Gasteiger partial charge in [0.15, 0.2) is 0 Å². The molecule has 1 aliphatic carbocycles. The Bertz CT molecular complexity index is 349. The minimum absolute atomic E-state index is 0. The number of carboxylic acids is 1. The third-order valence-corrected chi connectivity index (χ3v) is 2.88.